The number of ether oxygens (including phenoxy) is 2. The van der Waals surface area contributed by atoms with Crippen molar-refractivity contribution in [2.24, 2.45) is 5.73 Å². The number of benzene rings is 2. The van der Waals surface area contributed by atoms with Gasteiger partial charge in [0.05, 0.1) is 20.3 Å². The Morgan fingerprint density at radius 3 is 2.35 bits per heavy atom. The average molecular weight is 376 g/mol. The van der Waals surface area contributed by atoms with Crippen molar-refractivity contribution in [2.75, 3.05) is 20.8 Å². The molecular formula is C21H26ClNO3. The largest absolute Gasteiger partial charge is 0.493 e. The van der Waals surface area contributed by atoms with E-state index in [1.54, 1.807) is 14.2 Å². The summed E-state index contributed by atoms with van der Waals surface area (Å²) in [5, 5.41) is 10.5. The van der Waals surface area contributed by atoms with Gasteiger partial charge in [-0.2, -0.15) is 0 Å². The molecule has 3 N–H and O–H groups in total. The molecule has 0 amide bonds. The molecule has 2 unspecified atom stereocenters. The van der Waals surface area contributed by atoms with Crippen LogP contribution in [0.2, 0.25) is 0 Å². The maximum atomic E-state index is 10.5. The van der Waals surface area contributed by atoms with E-state index < -0.39 is 6.10 Å². The molecule has 0 heterocycles. The Morgan fingerprint density at radius 2 is 1.81 bits per heavy atom. The van der Waals surface area contributed by atoms with Gasteiger partial charge >= 0.3 is 0 Å². The molecule has 0 saturated heterocycles. The quantitative estimate of drug-likeness (QED) is 0.838. The topological polar surface area (TPSA) is 64.7 Å². The summed E-state index contributed by atoms with van der Waals surface area (Å²) in [6.07, 6.45) is 0.175. The van der Waals surface area contributed by atoms with Crippen LogP contribution in [0.5, 0.6) is 11.5 Å². The molecule has 0 aliphatic heterocycles. The number of methoxy groups -OCH3 is 2. The third-order valence-electron chi connectivity index (χ3n) is 4.96. The molecule has 140 valence electrons. The second kappa shape index (κ2) is 8.58. The Hall–Kier alpha value is -2.01. The van der Waals surface area contributed by atoms with Crippen LogP contribution in [0.4, 0.5) is 0 Å². The molecule has 2 aromatic carbocycles. The van der Waals surface area contributed by atoms with Crippen LogP contribution in [0, 0.1) is 0 Å². The van der Waals surface area contributed by atoms with Crippen molar-refractivity contribution in [1.82, 2.24) is 0 Å². The fraction of sp³-hybridized carbons (Fsp3) is 0.333. The lowest BCUT2D eigenvalue weighted by atomic mass is 9.73. The zero-order valence-electron chi connectivity index (χ0n) is 15.4. The van der Waals surface area contributed by atoms with E-state index in [-0.39, 0.29) is 18.3 Å². The Labute approximate surface area is 161 Å². The molecule has 0 fully saturated rings. The molecule has 2 atom stereocenters. The van der Waals surface area contributed by atoms with E-state index in [2.05, 4.69) is 12.1 Å². The Bertz CT molecular complexity index is 787. The molecule has 1 aliphatic carbocycles. The highest BCUT2D eigenvalue weighted by atomic mass is 35.5. The molecule has 0 bridgehead atoms. The third-order valence-corrected chi connectivity index (χ3v) is 4.96. The van der Waals surface area contributed by atoms with E-state index in [1.165, 1.54) is 5.56 Å². The molecule has 0 saturated carbocycles. The first kappa shape index (κ1) is 20.3. The number of aliphatic hydroxyl groups excluding tert-OH is 1. The molecule has 26 heavy (non-hydrogen) atoms. The van der Waals surface area contributed by atoms with Crippen molar-refractivity contribution in [1.29, 1.82) is 0 Å². The van der Waals surface area contributed by atoms with Crippen molar-refractivity contribution in [3.63, 3.8) is 0 Å². The van der Waals surface area contributed by atoms with Crippen molar-refractivity contribution < 1.29 is 14.6 Å². The van der Waals surface area contributed by atoms with Gasteiger partial charge < -0.3 is 20.3 Å². The zero-order chi connectivity index (χ0) is 18.0. The van der Waals surface area contributed by atoms with Crippen LogP contribution in [0.1, 0.15) is 29.5 Å². The Morgan fingerprint density at radius 1 is 1.12 bits per heavy atom. The van der Waals surface area contributed by atoms with Gasteiger partial charge in [0.15, 0.2) is 11.5 Å². The normalized spacial score (nSPS) is 17.2. The number of rotatable bonds is 5. The van der Waals surface area contributed by atoms with E-state index >= 15 is 0 Å². The van der Waals surface area contributed by atoms with Gasteiger partial charge in [0, 0.05) is 18.0 Å². The van der Waals surface area contributed by atoms with E-state index in [4.69, 9.17) is 15.2 Å². The minimum absolute atomic E-state index is 0. The molecule has 4 nitrogen and oxygen atoms in total. The lowest BCUT2D eigenvalue weighted by molar-refractivity contribution is 0.223. The number of halogens is 1. The molecule has 1 aliphatic rings. The van der Waals surface area contributed by atoms with Crippen molar-refractivity contribution in [3.8, 4) is 11.5 Å². The summed E-state index contributed by atoms with van der Waals surface area (Å²) in [6, 6.07) is 14.2. The summed E-state index contributed by atoms with van der Waals surface area (Å²) in [5.41, 5.74) is 11.4. The lowest BCUT2D eigenvalue weighted by Crippen LogP contribution is -2.25. The smallest absolute Gasteiger partial charge is 0.164 e. The fourth-order valence-electron chi connectivity index (χ4n) is 3.91. The minimum atomic E-state index is -0.565. The first-order valence-corrected chi connectivity index (χ1v) is 8.52. The van der Waals surface area contributed by atoms with Crippen LogP contribution < -0.4 is 15.2 Å². The molecule has 2 aromatic rings. The van der Waals surface area contributed by atoms with Gasteiger partial charge in [-0.05, 0) is 41.7 Å². The summed E-state index contributed by atoms with van der Waals surface area (Å²) < 4.78 is 11.1. The summed E-state index contributed by atoms with van der Waals surface area (Å²) in [4.78, 5) is 0. The molecule has 0 aromatic heterocycles. The van der Waals surface area contributed by atoms with Gasteiger partial charge in [0.25, 0.3) is 0 Å². The van der Waals surface area contributed by atoms with Crippen molar-refractivity contribution in [3.05, 3.63) is 64.7 Å². The van der Waals surface area contributed by atoms with Gasteiger partial charge in [0.2, 0.25) is 0 Å². The number of hydrogen-bond acceptors (Lipinski definition) is 4. The first-order chi connectivity index (χ1) is 12.1. The summed E-state index contributed by atoms with van der Waals surface area (Å²) >= 11 is 0. The fourth-order valence-corrected chi connectivity index (χ4v) is 3.91. The van der Waals surface area contributed by atoms with Crippen molar-refractivity contribution >= 4 is 18.0 Å². The standard InChI is InChI=1S/C21H25NO3.ClH/c1-13(23)20-16(14-7-5-4-6-8-14)11-17-15(18(20)12-22)9-10-19(24-2)21(17)25-3;/h4-10,13,16,23H,11-12,22H2,1-3H3;1H. The molecule has 5 heteroatoms. The number of nitrogens with two attached hydrogens (primary N) is 1. The van der Waals surface area contributed by atoms with E-state index in [9.17, 15) is 5.11 Å². The second-order valence-electron chi connectivity index (χ2n) is 6.31. The Balaban J connectivity index is 0.00000243. The van der Waals surface area contributed by atoms with Crippen LogP contribution in [-0.2, 0) is 6.42 Å². The zero-order valence-corrected chi connectivity index (χ0v) is 16.2. The van der Waals surface area contributed by atoms with Crippen LogP contribution in [0.25, 0.3) is 5.57 Å². The second-order valence-corrected chi connectivity index (χ2v) is 6.31. The molecular weight excluding hydrogens is 350 g/mol. The SMILES string of the molecule is COc1ccc2c(c1OC)CC(c1ccccc1)C(C(C)O)=C2CN.Cl. The predicted molar refractivity (Wildman–Crippen MR) is 107 cm³/mol. The number of aliphatic hydroxyl groups is 1. The summed E-state index contributed by atoms with van der Waals surface area (Å²) in [5.74, 6) is 1.52. The molecule has 0 spiro atoms. The van der Waals surface area contributed by atoms with Gasteiger partial charge in [-0.15, -0.1) is 12.4 Å². The summed E-state index contributed by atoms with van der Waals surface area (Å²) in [6.45, 7) is 2.18. The molecule has 3 rings (SSSR count). The monoisotopic (exact) mass is 375 g/mol. The highest BCUT2D eigenvalue weighted by Crippen LogP contribution is 2.47. The minimum Gasteiger partial charge on any atom is -0.493 e. The maximum Gasteiger partial charge on any atom is 0.164 e. The highest BCUT2D eigenvalue weighted by Gasteiger charge is 2.32. The van der Waals surface area contributed by atoms with Crippen LogP contribution in [0.15, 0.2) is 48.0 Å². The highest BCUT2D eigenvalue weighted by molar-refractivity contribution is 5.85. The third kappa shape index (κ3) is 3.45. The van der Waals surface area contributed by atoms with E-state index in [1.807, 2.05) is 37.3 Å². The van der Waals surface area contributed by atoms with Crippen molar-refractivity contribution in [2.45, 2.75) is 25.4 Å². The number of hydrogen-bond donors (Lipinski definition) is 2. The van der Waals surface area contributed by atoms with Gasteiger partial charge in [0.1, 0.15) is 0 Å². The maximum absolute atomic E-state index is 10.5. The van der Waals surface area contributed by atoms with Crippen LogP contribution in [-0.4, -0.2) is 32.0 Å². The van der Waals surface area contributed by atoms with Crippen LogP contribution in [0.3, 0.4) is 0 Å². The molecule has 0 radical (unpaired) electrons. The first-order valence-electron chi connectivity index (χ1n) is 8.52. The van der Waals surface area contributed by atoms with E-state index in [0.29, 0.717) is 12.3 Å². The van der Waals surface area contributed by atoms with Crippen LogP contribution >= 0.6 is 12.4 Å². The Kier molecular flexibility index (Phi) is 6.70. The summed E-state index contributed by atoms with van der Waals surface area (Å²) in [7, 11) is 3.30. The van der Waals surface area contributed by atoms with E-state index in [0.717, 1.165) is 34.4 Å². The van der Waals surface area contributed by atoms with Gasteiger partial charge in [-0.1, -0.05) is 36.4 Å². The predicted octanol–water partition coefficient (Wildman–Crippen LogP) is 3.56. The lowest BCUT2D eigenvalue weighted by Gasteiger charge is -2.33. The number of fused-ring (bicyclic) bond motifs is 1. The van der Waals surface area contributed by atoms with Gasteiger partial charge in [-0.3, -0.25) is 0 Å². The average Bonchev–Trinajstić information content (AvgIpc) is 2.65. The van der Waals surface area contributed by atoms with Gasteiger partial charge in [-0.25, -0.2) is 0 Å².